The third kappa shape index (κ3) is 2.07. The molecule has 0 fully saturated rings. The van der Waals surface area contributed by atoms with Crippen LogP contribution in [0, 0.1) is 0 Å². The van der Waals surface area contributed by atoms with Gasteiger partial charge in [-0.15, -0.1) is 0 Å². The first-order chi connectivity index (χ1) is 12.3. The lowest BCUT2D eigenvalue weighted by Gasteiger charge is -2.44. The average molecular weight is 332 g/mol. The van der Waals surface area contributed by atoms with Crippen molar-refractivity contribution in [2.75, 3.05) is 13.7 Å². The largest absolute Gasteiger partial charge is 0.468 e. The van der Waals surface area contributed by atoms with Gasteiger partial charge in [0.2, 0.25) is 0 Å². The minimum atomic E-state index is -0.227. The van der Waals surface area contributed by atoms with Crippen LogP contribution in [0.2, 0.25) is 0 Å². The molecule has 0 amide bonds. The number of hydrogen-bond acceptors (Lipinski definition) is 3. The number of aromatic amines is 1. The lowest BCUT2D eigenvalue weighted by molar-refractivity contribution is -0.148. The van der Waals surface area contributed by atoms with Gasteiger partial charge in [0, 0.05) is 29.6 Å². The molecule has 0 spiro atoms. The van der Waals surface area contributed by atoms with E-state index < -0.39 is 0 Å². The Morgan fingerprint density at radius 2 is 1.96 bits per heavy atom. The number of benzene rings is 2. The second-order valence-corrected chi connectivity index (χ2v) is 6.90. The summed E-state index contributed by atoms with van der Waals surface area (Å²) >= 11 is 0. The van der Waals surface area contributed by atoms with Gasteiger partial charge >= 0.3 is 5.97 Å². The minimum absolute atomic E-state index is 0.0881. The van der Waals surface area contributed by atoms with Crippen LogP contribution < -0.4 is 0 Å². The third-order valence-corrected chi connectivity index (χ3v) is 5.71. The van der Waals surface area contributed by atoms with Crippen molar-refractivity contribution in [1.82, 2.24) is 9.88 Å². The Balaban J connectivity index is 1.77. The zero-order chi connectivity index (χ0) is 17.0. The number of hydrogen-bond donors (Lipinski definition) is 1. The first kappa shape index (κ1) is 14.7. The van der Waals surface area contributed by atoms with Gasteiger partial charge in [0.1, 0.15) is 6.04 Å². The number of methoxy groups -OCH3 is 1. The molecule has 1 N–H and O–H groups in total. The Kier molecular flexibility index (Phi) is 3.22. The molecular formula is C21H20N2O2. The van der Waals surface area contributed by atoms with E-state index in [4.69, 9.17) is 4.74 Å². The van der Waals surface area contributed by atoms with E-state index in [2.05, 4.69) is 58.4 Å². The summed E-state index contributed by atoms with van der Waals surface area (Å²) in [6.45, 7) is 0.871. The molecule has 4 heteroatoms. The summed E-state index contributed by atoms with van der Waals surface area (Å²) in [6, 6.07) is 16.8. The first-order valence-electron chi connectivity index (χ1n) is 8.79. The number of carbonyl (C=O) groups excluding carboxylic acids is 1. The van der Waals surface area contributed by atoms with Gasteiger partial charge in [0.25, 0.3) is 0 Å². The van der Waals surface area contributed by atoms with Gasteiger partial charge in [-0.1, -0.05) is 42.5 Å². The monoisotopic (exact) mass is 332 g/mol. The Hall–Kier alpha value is -2.59. The van der Waals surface area contributed by atoms with Gasteiger partial charge in [-0.05, 0) is 29.2 Å². The number of aromatic nitrogens is 1. The van der Waals surface area contributed by atoms with E-state index in [1.807, 2.05) is 0 Å². The van der Waals surface area contributed by atoms with Gasteiger partial charge in [0.15, 0.2) is 0 Å². The number of rotatable bonds is 1. The van der Waals surface area contributed by atoms with Gasteiger partial charge in [-0.2, -0.15) is 0 Å². The van der Waals surface area contributed by atoms with Crippen LogP contribution in [-0.4, -0.2) is 35.5 Å². The van der Waals surface area contributed by atoms with Crippen molar-refractivity contribution in [3.05, 3.63) is 70.9 Å². The molecule has 2 aromatic carbocycles. The molecule has 5 rings (SSSR count). The summed E-state index contributed by atoms with van der Waals surface area (Å²) in [5.41, 5.74) is 6.30. The maximum atomic E-state index is 12.5. The fourth-order valence-electron chi connectivity index (χ4n) is 4.58. The van der Waals surface area contributed by atoms with Crippen LogP contribution in [0.5, 0.6) is 0 Å². The fourth-order valence-corrected chi connectivity index (χ4v) is 4.58. The maximum Gasteiger partial charge on any atom is 0.323 e. The lowest BCUT2D eigenvalue weighted by Crippen LogP contribution is -2.51. The Bertz CT molecular complexity index is 975. The average Bonchev–Trinajstić information content (AvgIpc) is 3.04. The molecular weight excluding hydrogens is 312 g/mol. The Morgan fingerprint density at radius 3 is 2.84 bits per heavy atom. The molecule has 25 heavy (non-hydrogen) atoms. The lowest BCUT2D eigenvalue weighted by atomic mass is 9.83. The topological polar surface area (TPSA) is 45.3 Å². The van der Waals surface area contributed by atoms with Crippen molar-refractivity contribution in [1.29, 1.82) is 0 Å². The molecule has 0 aliphatic carbocycles. The number of nitrogens with zero attached hydrogens (tertiary/aromatic N) is 1. The molecule has 2 aliphatic heterocycles. The molecule has 4 nitrogen and oxygen atoms in total. The summed E-state index contributed by atoms with van der Waals surface area (Å²) in [5, 5.41) is 1.22. The van der Waals surface area contributed by atoms with Gasteiger partial charge in [-0.3, -0.25) is 9.69 Å². The highest BCUT2D eigenvalue weighted by Gasteiger charge is 2.43. The maximum absolute atomic E-state index is 12.5. The van der Waals surface area contributed by atoms with E-state index >= 15 is 0 Å². The molecule has 0 saturated heterocycles. The van der Waals surface area contributed by atoms with Crippen molar-refractivity contribution in [3.63, 3.8) is 0 Å². The second kappa shape index (κ2) is 5.46. The second-order valence-electron chi connectivity index (χ2n) is 6.90. The summed E-state index contributed by atoms with van der Waals surface area (Å²) in [5.74, 6) is -0.139. The molecule has 0 bridgehead atoms. The van der Waals surface area contributed by atoms with Gasteiger partial charge in [-0.25, -0.2) is 0 Å². The zero-order valence-electron chi connectivity index (χ0n) is 14.2. The van der Waals surface area contributed by atoms with E-state index in [0.717, 1.165) is 18.5 Å². The first-order valence-corrected chi connectivity index (χ1v) is 8.79. The van der Waals surface area contributed by atoms with Crippen LogP contribution in [0.3, 0.4) is 0 Å². The molecule has 2 aliphatic rings. The van der Waals surface area contributed by atoms with Crippen molar-refractivity contribution in [2.45, 2.75) is 24.9 Å². The number of para-hydroxylation sites is 1. The number of fused-ring (bicyclic) bond motifs is 7. The zero-order valence-corrected chi connectivity index (χ0v) is 14.2. The number of esters is 1. The Morgan fingerprint density at radius 1 is 1.16 bits per heavy atom. The Labute approximate surface area is 146 Å². The van der Waals surface area contributed by atoms with E-state index in [-0.39, 0.29) is 18.1 Å². The third-order valence-electron chi connectivity index (χ3n) is 5.71. The van der Waals surface area contributed by atoms with E-state index in [9.17, 15) is 4.79 Å². The number of H-pyrrole nitrogens is 1. The van der Waals surface area contributed by atoms with Gasteiger partial charge < -0.3 is 9.72 Å². The highest BCUT2D eigenvalue weighted by molar-refractivity contribution is 5.87. The highest BCUT2D eigenvalue weighted by Crippen LogP contribution is 2.44. The van der Waals surface area contributed by atoms with E-state index in [0.29, 0.717) is 6.42 Å². The van der Waals surface area contributed by atoms with E-state index in [1.165, 1.54) is 34.9 Å². The van der Waals surface area contributed by atoms with Crippen molar-refractivity contribution in [3.8, 4) is 0 Å². The highest BCUT2D eigenvalue weighted by atomic mass is 16.5. The fraction of sp³-hybridized carbons (Fsp3) is 0.286. The van der Waals surface area contributed by atoms with Crippen molar-refractivity contribution >= 4 is 16.9 Å². The molecule has 1 unspecified atom stereocenters. The summed E-state index contributed by atoms with van der Waals surface area (Å²) in [6.07, 6.45) is 1.67. The number of carbonyl (C=O) groups is 1. The van der Waals surface area contributed by atoms with Crippen LogP contribution in [0.15, 0.2) is 48.5 Å². The molecule has 3 aromatic rings. The van der Waals surface area contributed by atoms with Crippen molar-refractivity contribution < 1.29 is 9.53 Å². The van der Waals surface area contributed by atoms with Crippen LogP contribution in [0.25, 0.3) is 10.9 Å². The summed E-state index contributed by atoms with van der Waals surface area (Å²) in [4.78, 5) is 18.5. The normalized spacial score (nSPS) is 22.1. The van der Waals surface area contributed by atoms with Gasteiger partial charge in [0.05, 0.1) is 13.2 Å². The standard InChI is InChI=1S/C21H20N2O2/c1-25-21(24)18-12-16-15-8-4-5-9-17(15)22-19(16)20-14-7-3-2-6-13(14)10-11-23(18)20/h2-9,18,20,22H,10-12H2,1H3/t18-,20?/m1/s1. The van der Waals surface area contributed by atoms with E-state index in [1.54, 1.807) is 0 Å². The molecule has 1 aromatic heterocycles. The molecule has 3 heterocycles. The van der Waals surface area contributed by atoms with Crippen LogP contribution in [0.4, 0.5) is 0 Å². The molecule has 2 atom stereocenters. The minimum Gasteiger partial charge on any atom is -0.468 e. The SMILES string of the molecule is COC(=O)[C@H]1Cc2c([nH]c3ccccc23)C2c3ccccc3CCN21. The summed E-state index contributed by atoms with van der Waals surface area (Å²) in [7, 11) is 1.49. The molecule has 0 saturated carbocycles. The van der Waals surface area contributed by atoms with Crippen LogP contribution >= 0.6 is 0 Å². The van der Waals surface area contributed by atoms with Crippen LogP contribution in [-0.2, 0) is 22.4 Å². The molecule has 0 radical (unpaired) electrons. The number of nitrogens with one attached hydrogen (secondary N) is 1. The van der Waals surface area contributed by atoms with Crippen molar-refractivity contribution in [2.24, 2.45) is 0 Å². The smallest absolute Gasteiger partial charge is 0.323 e. The van der Waals surface area contributed by atoms with Crippen LogP contribution in [0.1, 0.15) is 28.4 Å². The quantitative estimate of drug-likeness (QED) is 0.696. The molecule has 126 valence electrons. The number of ether oxygens (including phenoxy) is 1. The predicted molar refractivity (Wildman–Crippen MR) is 96.5 cm³/mol. The predicted octanol–water partition coefficient (Wildman–Crippen LogP) is 3.21. The summed E-state index contributed by atoms with van der Waals surface area (Å²) < 4.78 is 5.14.